The fourth-order valence-electron chi connectivity index (χ4n) is 2.89. The van der Waals surface area contributed by atoms with Gasteiger partial charge < -0.3 is 20.9 Å². The first-order valence-corrected chi connectivity index (χ1v) is 8.88. The Morgan fingerprint density at radius 3 is 2.79 bits per heavy atom. The van der Waals surface area contributed by atoms with Crippen LogP contribution in [-0.4, -0.2) is 45.2 Å². The van der Waals surface area contributed by atoms with Crippen LogP contribution in [0.3, 0.4) is 0 Å². The molecule has 4 rings (SSSR count). The Morgan fingerprint density at radius 1 is 1.24 bits per heavy atom. The number of nitrogens with zero attached hydrogens (tertiary/aromatic N) is 8. The Bertz CT molecular complexity index is 1170. The lowest BCUT2D eigenvalue weighted by atomic mass is 10.4. The molecule has 0 unspecified atom stereocenters. The number of fused-ring (bicyclic) bond motifs is 1. The minimum absolute atomic E-state index is 0.00871. The molecule has 0 fully saturated rings. The molecule has 148 valence electrons. The van der Waals surface area contributed by atoms with Gasteiger partial charge in [-0.25, -0.2) is 19.6 Å². The number of anilines is 4. The molecule has 1 amide bonds. The van der Waals surface area contributed by atoms with E-state index in [4.69, 9.17) is 5.73 Å². The number of rotatable bonds is 6. The second kappa shape index (κ2) is 7.50. The van der Waals surface area contributed by atoms with Crippen LogP contribution in [0.4, 0.5) is 23.3 Å². The Morgan fingerprint density at radius 2 is 2.03 bits per heavy atom. The van der Waals surface area contributed by atoms with Crippen LogP contribution in [-0.2, 0) is 17.9 Å². The number of hydrogen-bond donors (Lipinski definition) is 3. The summed E-state index contributed by atoms with van der Waals surface area (Å²) in [4.78, 5) is 33.2. The quantitative estimate of drug-likeness (QED) is 0.437. The zero-order chi connectivity index (χ0) is 20.4. The summed E-state index contributed by atoms with van der Waals surface area (Å²) in [6.45, 7) is 4.49. The summed E-state index contributed by atoms with van der Waals surface area (Å²) in [6, 6.07) is 1.82. The first-order chi connectivity index (χ1) is 14.0. The first-order valence-electron chi connectivity index (χ1n) is 8.88. The van der Waals surface area contributed by atoms with Crippen LogP contribution >= 0.6 is 0 Å². The van der Waals surface area contributed by atoms with Crippen molar-refractivity contribution in [3.8, 4) is 0 Å². The van der Waals surface area contributed by atoms with E-state index in [-0.39, 0.29) is 18.4 Å². The third-order valence-corrected chi connectivity index (χ3v) is 4.09. The zero-order valence-electron chi connectivity index (χ0n) is 15.9. The summed E-state index contributed by atoms with van der Waals surface area (Å²) in [7, 11) is 0. The van der Waals surface area contributed by atoms with Crippen LogP contribution < -0.4 is 16.4 Å². The lowest BCUT2D eigenvalue weighted by Crippen LogP contribution is -2.20. The first kappa shape index (κ1) is 18.3. The van der Waals surface area contributed by atoms with E-state index in [1.54, 1.807) is 21.6 Å². The van der Waals surface area contributed by atoms with Gasteiger partial charge in [-0.2, -0.15) is 15.1 Å². The molecule has 4 aromatic heterocycles. The highest BCUT2D eigenvalue weighted by Crippen LogP contribution is 2.23. The molecule has 0 atom stereocenters. The summed E-state index contributed by atoms with van der Waals surface area (Å²) in [5.41, 5.74) is 8.23. The fraction of sp³-hybridized carbons (Fsp3) is 0.235. The van der Waals surface area contributed by atoms with E-state index in [1.165, 1.54) is 12.7 Å². The Hall–Kier alpha value is -4.09. The highest BCUT2D eigenvalue weighted by atomic mass is 16.2. The standard InChI is InChI=1S/C17H19N11O/c1-3-28-12(4-10(2)26-28)23-13(29)7-27-9-21-14-15(24-17(18)25-16(14)27)22-11-5-19-8-20-6-11/h4-6,8-9H,3,7H2,1-2H3,(H,23,29)(H3,18,22,24,25). The third-order valence-electron chi connectivity index (χ3n) is 4.09. The Kier molecular flexibility index (Phi) is 4.73. The molecule has 4 aromatic rings. The molecule has 0 saturated carbocycles. The molecule has 12 heteroatoms. The summed E-state index contributed by atoms with van der Waals surface area (Å²) in [6.07, 6.45) is 6.14. The molecule has 0 aliphatic rings. The van der Waals surface area contributed by atoms with Crippen molar-refractivity contribution in [1.82, 2.24) is 39.3 Å². The maximum atomic E-state index is 12.6. The van der Waals surface area contributed by atoms with Crippen LogP contribution in [0.25, 0.3) is 11.2 Å². The molecule has 29 heavy (non-hydrogen) atoms. The molecule has 0 aliphatic heterocycles. The molecule has 4 heterocycles. The second-order valence-electron chi connectivity index (χ2n) is 6.26. The normalized spacial score (nSPS) is 11.0. The van der Waals surface area contributed by atoms with Gasteiger partial charge in [-0.3, -0.25) is 4.79 Å². The van der Waals surface area contributed by atoms with Gasteiger partial charge in [0, 0.05) is 12.6 Å². The number of nitrogens with two attached hydrogens (primary N) is 1. The van der Waals surface area contributed by atoms with Crippen LogP contribution in [0.15, 0.2) is 31.1 Å². The topological polar surface area (TPSA) is 154 Å². The molecule has 4 N–H and O–H groups in total. The monoisotopic (exact) mass is 393 g/mol. The molecule has 0 aliphatic carbocycles. The van der Waals surface area contributed by atoms with Crippen LogP contribution in [0.5, 0.6) is 0 Å². The number of aryl methyl sites for hydroxylation is 2. The van der Waals surface area contributed by atoms with Gasteiger partial charge in [0.1, 0.15) is 18.7 Å². The van der Waals surface area contributed by atoms with Gasteiger partial charge in [0.15, 0.2) is 17.0 Å². The maximum Gasteiger partial charge on any atom is 0.245 e. The largest absolute Gasteiger partial charge is 0.368 e. The van der Waals surface area contributed by atoms with Crippen molar-refractivity contribution in [2.75, 3.05) is 16.4 Å². The molecule has 0 radical (unpaired) electrons. The molecule has 0 saturated heterocycles. The smallest absolute Gasteiger partial charge is 0.245 e. The SMILES string of the molecule is CCn1nc(C)cc1NC(=O)Cn1cnc2c(Nc3cncnc3)nc(N)nc21. The summed E-state index contributed by atoms with van der Waals surface area (Å²) in [5.74, 6) is 0.863. The van der Waals surface area contributed by atoms with E-state index in [9.17, 15) is 4.79 Å². The summed E-state index contributed by atoms with van der Waals surface area (Å²) >= 11 is 0. The minimum Gasteiger partial charge on any atom is -0.368 e. The average Bonchev–Trinajstić information content (AvgIpc) is 3.25. The predicted molar refractivity (Wildman–Crippen MR) is 106 cm³/mol. The van der Waals surface area contributed by atoms with E-state index < -0.39 is 0 Å². The molecule has 0 bridgehead atoms. The van der Waals surface area contributed by atoms with Gasteiger partial charge in [0.05, 0.1) is 30.1 Å². The maximum absolute atomic E-state index is 12.6. The van der Waals surface area contributed by atoms with Crippen molar-refractivity contribution in [3.05, 3.63) is 36.8 Å². The van der Waals surface area contributed by atoms with Crippen LogP contribution in [0.1, 0.15) is 12.6 Å². The number of aromatic nitrogens is 8. The van der Waals surface area contributed by atoms with E-state index in [1.807, 2.05) is 19.9 Å². The van der Waals surface area contributed by atoms with Crippen molar-refractivity contribution in [3.63, 3.8) is 0 Å². The molecular weight excluding hydrogens is 374 g/mol. The van der Waals surface area contributed by atoms with E-state index in [2.05, 4.69) is 40.7 Å². The van der Waals surface area contributed by atoms with Crippen molar-refractivity contribution < 1.29 is 4.79 Å². The van der Waals surface area contributed by atoms with E-state index in [0.29, 0.717) is 35.0 Å². The molecule has 12 nitrogen and oxygen atoms in total. The fourth-order valence-corrected chi connectivity index (χ4v) is 2.89. The number of carbonyl (C=O) groups excluding carboxylic acids is 1. The number of imidazole rings is 1. The Balaban J connectivity index is 1.59. The highest BCUT2D eigenvalue weighted by molar-refractivity contribution is 5.92. The average molecular weight is 393 g/mol. The molecule has 0 aromatic carbocycles. The number of hydrogen-bond acceptors (Lipinski definition) is 9. The predicted octanol–water partition coefficient (Wildman–Crippen LogP) is 1.11. The van der Waals surface area contributed by atoms with Gasteiger partial charge in [-0.15, -0.1) is 0 Å². The van der Waals surface area contributed by atoms with Crippen molar-refractivity contribution in [2.24, 2.45) is 0 Å². The zero-order valence-corrected chi connectivity index (χ0v) is 15.9. The molecule has 0 spiro atoms. The third kappa shape index (κ3) is 3.81. The lowest BCUT2D eigenvalue weighted by Gasteiger charge is -2.09. The van der Waals surface area contributed by atoms with Gasteiger partial charge in [0.25, 0.3) is 0 Å². The highest BCUT2D eigenvalue weighted by Gasteiger charge is 2.16. The molecular formula is C17H19N11O. The van der Waals surface area contributed by atoms with Gasteiger partial charge in [-0.1, -0.05) is 0 Å². The second-order valence-corrected chi connectivity index (χ2v) is 6.26. The number of carbonyl (C=O) groups is 1. The Labute approximate surface area is 165 Å². The van der Waals surface area contributed by atoms with Crippen molar-refractivity contribution >= 4 is 40.3 Å². The van der Waals surface area contributed by atoms with Gasteiger partial charge in [-0.05, 0) is 13.8 Å². The number of amides is 1. The summed E-state index contributed by atoms with van der Waals surface area (Å²) in [5, 5.41) is 10.2. The number of nitrogen functional groups attached to an aromatic ring is 1. The minimum atomic E-state index is -0.234. The van der Waals surface area contributed by atoms with E-state index >= 15 is 0 Å². The van der Waals surface area contributed by atoms with Crippen molar-refractivity contribution in [1.29, 1.82) is 0 Å². The number of nitrogens with one attached hydrogen (secondary N) is 2. The lowest BCUT2D eigenvalue weighted by molar-refractivity contribution is -0.116. The van der Waals surface area contributed by atoms with Gasteiger partial charge >= 0.3 is 0 Å². The van der Waals surface area contributed by atoms with Crippen LogP contribution in [0.2, 0.25) is 0 Å². The van der Waals surface area contributed by atoms with Crippen LogP contribution in [0, 0.1) is 6.92 Å². The van der Waals surface area contributed by atoms with E-state index in [0.717, 1.165) is 5.69 Å². The van der Waals surface area contributed by atoms with Crippen molar-refractivity contribution in [2.45, 2.75) is 26.9 Å². The van der Waals surface area contributed by atoms with Gasteiger partial charge in [0.2, 0.25) is 11.9 Å². The summed E-state index contributed by atoms with van der Waals surface area (Å²) < 4.78 is 3.33.